The summed E-state index contributed by atoms with van der Waals surface area (Å²) >= 11 is 0. The van der Waals surface area contributed by atoms with Gasteiger partial charge in [0.05, 0.1) is 0 Å². The van der Waals surface area contributed by atoms with Crippen LogP contribution in [0, 0.1) is 41.4 Å². The van der Waals surface area contributed by atoms with Crippen molar-refractivity contribution in [2.24, 2.45) is 41.4 Å². The predicted molar refractivity (Wildman–Crippen MR) is 117 cm³/mol. The molecule has 1 aliphatic heterocycles. The molecule has 5 rings (SSSR count). The van der Waals surface area contributed by atoms with E-state index in [1.807, 2.05) is 41.5 Å². The fraction of sp³-hybridized carbons (Fsp3) is 0.760. The van der Waals surface area contributed by atoms with Crippen LogP contribution in [0.15, 0.2) is 24.3 Å². The molecule has 0 saturated heterocycles. The maximum absolute atomic E-state index is 11.6. The number of allylic oxidation sites excluding steroid dienone is 2. The van der Waals surface area contributed by atoms with Crippen LogP contribution in [0.2, 0.25) is 0 Å². The maximum Gasteiger partial charge on any atom is 0.253 e. The zero-order valence-electron chi connectivity index (χ0n) is 18.9. The van der Waals surface area contributed by atoms with Gasteiger partial charge in [0.25, 0.3) is 11.8 Å². The molecule has 158 valence electrons. The normalized spacial score (nSPS) is 37.8. The summed E-state index contributed by atoms with van der Waals surface area (Å²) in [7, 11) is 0. The minimum absolute atomic E-state index is 0.128. The largest absolute Gasteiger partial charge is 0.275 e. The molecule has 4 aliphatic carbocycles. The van der Waals surface area contributed by atoms with E-state index in [2.05, 4.69) is 12.2 Å². The first kappa shape index (κ1) is 22.9. The molecule has 7 atom stereocenters. The molecule has 0 aromatic carbocycles. The van der Waals surface area contributed by atoms with Crippen LogP contribution in [0.1, 0.15) is 73.6 Å². The van der Waals surface area contributed by atoms with Crippen molar-refractivity contribution in [3.05, 3.63) is 24.3 Å². The second-order valence-corrected chi connectivity index (χ2v) is 8.06. The van der Waals surface area contributed by atoms with Crippen LogP contribution >= 0.6 is 0 Å². The zero-order chi connectivity index (χ0) is 20.8. The second kappa shape index (κ2) is 10.4. The number of hydrogen-bond donors (Lipinski definition) is 0. The van der Waals surface area contributed by atoms with Crippen molar-refractivity contribution < 1.29 is 9.59 Å². The third-order valence-corrected chi connectivity index (χ3v) is 7.26. The van der Waals surface area contributed by atoms with E-state index >= 15 is 0 Å². The lowest BCUT2D eigenvalue weighted by Crippen LogP contribution is -2.33. The molecule has 0 N–H and O–H groups in total. The van der Waals surface area contributed by atoms with Gasteiger partial charge in [-0.05, 0) is 73.5 Å². The quantitative estimate of drug-likeness (QED) is 0.344. The second-order valence-electron chi connectivity index (χ2n) is 8.06. The highest BCUT2D eigenvalue weighted by molar-refractivity contribution is 6.12. The molecule has 0 aromatic heterocycles. The summed E-state index contributed by atoms with van der Waals surface area (Å²) < 4.78 is 0. The standard InChI is InChI=1S/C19H23NO2.3C2H6/c21-16-5-6-17(22)20(16)7-1-2-11-8-14-10-15(11)19-13-4-3-12(9-13)18(14)19;3*1-2/h3-6,11-15,18-19H,1-2,7-10H2;3*1-2H3. The fourth-order valence-corrected chi connectivity index (χ4v) is 6.65. The van der Waals surface area contributed by atoms with Gasteiger partial charge in [0.1, 0.15) is 0 Å². The average molecular weight is 388 g/mol. The number of rotatable bonds is 4. The van der Waals surface area contributed by atoms with Gasteiger partial charge < -0.3 is 0 Å². The van der Waals surface area contributed by atoms with Crippen LogP contribution in [-0.2, 0) is 9.59 Å². The first-order valence-corrected chi connectivity index (χ1v) is 11.9. The van der Waals surface area contributed by atoms with Gasteiger partial charge in [-0.25, -0.2) is 0 Å². The van der Waals surface area contributed by atoms with Gasteiger partial charge in [0, 0.05) is 18.7 Å². The molecule has 3 fully saturated rings. The van der Waals surface area contributed by atoms with E-state index in [9.17, 15) is 9.59 Å². The van der Waals surface area contributed by atoms with E-state index in [4.69, 9.17) is 0 Å². The van der Waals surface area contributed by atoms with Gasteiger partial charge in [0.15, 0.2) is 0 Å². The Kier molecular flexibility index (Phi) is 8.52. The Labute approximate surface area is 172 Å². The minimum atomic E-state index is -0.128. The Morgan fingerprint density at radius 3 is 2.00 bits per heavy atom. The molecular formula is C25H41NO2. The first-order chi connectivity index (χ1) is 13.7. The van der Waals surface area contributed by atoms with E-state index in [1.165, 1.54) is 42.7 Å². The van der Waals surface area contributed by atoms with Crippen LogP contribution < -0.4 is 0 Å². The van der Waals surface area contributed by atoms with Crippen molar-refractivity contribution in [3.8, 4) is 0 Å². The summed E-state index contributed by atoms with van der Waals surface area (Å²) in [5.74, 6) is 6.23. The topological polar surface area (TPSA) is 37.4 Å². The third-order valence-electron chi connectivity index (χ3n) is 7.26. The van der Waals surface area contributed by atoms with Crippen molar-refractivity contribution in [3.63, 3.8) is 0 Å². The third kappa shape index (κ3) is 4.00. The van der Waals surface area contributed by atoms with Crippen LogP contribution in [-0.4, -0.2) is 23.3 Å². The number of hydrogen-bond acceptors (Lipinski definition) is 2. The minimum Gasteiger partial charge on any atom is -0.275 e. The Morgan fingerprint density at radius 1 is 0.821 bits per heavy atom. The van der Waals surface area contributed by atoms with Crippen LogP contribution in [0.5, 0.6) is 0 Å². The van der Waals surface area contributed by atoms with E-state index in [0.29, 0.717) is 6.54 Å². The number of nitrogens with zero attached hydrogens (tertiary/aromatic N) is 1. The molecule has 5 aliphatic rings. The SMILES string of the molecule is CC.CC.CC.O=C1C=CC(=O)N1CCCC1CC2CC1C1C3C=CC(C3)C21. The summed E-state index contributed by atoms with van der Waals surface area (Å²) in [5.41, 5.74) is 0. The molecule has 1 heterocycles. The molecular weight excluding hydrogens is 346 g/mol. The molecule has 0 radical (unpaired) electrons. The summed E-state index contributed by atoms with van der Waals surface area (Å²) in [4.78, 5) is 24.6. The average Bonchev–Trinajstić information content (AvgIpc) is 3.56. The summed E-state index contributed by atoms with van der Waals surface area (Å²) in [6.07, 6.45) is 14.3. The number of carbonyl (C=O) groups excluding carboxylic acids is 2. The molecule has 3 saturated carbocycles. The van der Waals surface area contributed by atoms with Gasteiger partial charge in [0.2, 0.25) is 0 Å². The molecule has 0 spiro atoms. The Hall–Kier alpha value is -1.38. The van der Waals surface area contributed by atoms with Crippen LogP contribution in [0.3, 0.4) is 0 Å². The Balaban J connectivity index is 0.000000430. The molecule has 28 heavy (non-hydrogen) atoms. The van der Waals surface area contributed by atoms with Gasteiger partial charge in [-0.3, -0.25) is 14.5 Å². The Morgan fingerprint density at radius 2 is 1.39 bits per heavy atom. The molecule has 3 heteroatoms. The summed E-state index contributed by atoms with van der Waals surface area (Å²) in [6, 6.07) is 0. The highest BCUT2D eigenvalue weighted by Crippen LogP contribution is 2.67. The molecule has 0 aromatic rings. The highest BCUT2D eigenvalue weighted by Gasteiger charge is 2.60. The van der Waals surface area contributed by atoms with Gasteiger partial charge >= 0.3 is 0 Å². The number of amides is 2. The van der Waals surface area contributed by atoms with Crippen molar-refractivity contribution in [1.29, 1.82) is 0 Å². The maximum atomic E-state index is 11.6. The summed E-state index contributed by atoms with van der Waals surface area (Å²) in [5, 5.41) is 0. The lowest BCUT2D eigenvalue weighted by Gasteiger charge is -2.37. The van der Waals surface area contributed by atoms with Crippen molar-refractivity contribution in [1.82, 2.24) is 4.90 Å². The van der Waals surface area contributed by atoms with Gasteiger partial charge in [-0.1, -0.05) is 53.7 Å². The molecule has 2 amide bonds. The van der Waals surface area contributed by atoms with Crippen molar-refractivity contribution in [2.45, 2.75) is 73.6 Å². The summed E-state index contributed by atoms with van der Waals surface area (Å²) in [6.45, 7) is 12.6. The lowest BCUT2D eigenvalue weighted by atomic mass is 9.68. The van der Waals surface area contributed by atoms with E-state index < -0.39 is 0 Å². The number of carbonyl (C=O) groups is 2. The predicted octanol–water partition coefficient (Wildman–Crippen LogP) is 5.86. The van der Waals surface area contributed by atoms with E-state index in [-0.39, 0.29) is 11.8 Å². The monoisotopic (exact) mass is 387 g/mol. The molecule has 4 bridgehead atoms. The first-order valence-electron chi connectivity index (χ1n) is 11.9. The zero-order valence-corrected chi connectivity index (χ0v) is 18.9. The van der Waals surface area contributed by atoms with Crippen LogP contribution in [0.4, 0.5) is 0 Å². The van der Waals surface area contributed by atoms with Crippen LogP contribution in [0.25, 0.3) is 0 Å². The Bertz CT molecular complexity index is 575. The molecule has 7 unspecified atom stereocenters. The smallest absolute Gasteiger partial charge is 0.253 e. The fourth-order valence-electron chi connectivity index (χ4n) is 6.65. The van der Waals surface area contributed by atoms with Gasteiger partial charge in [-0.2, -0.15) is 0 Å². The highest BCUT2D eigenvalue weighted by atomic mass is 16.2. The van der Waals surface area contributed by atoms with E-state index in [0.717, 1.165) is 47.8 Å². The van der Waals surface area contributed by atoms with Crippen molar-refractivity contribution >= 4 is 11.8 Å². The number of imide groups is 1. The van der Waals surface area contributed by atoms with E-state index in [1.54, 1.807) is 0 Å². The molecule has 3 nitrogen and oxygen atoms in total. The van der Waals surface area contributed by atoms with Crippen molar-refractivity contribution in [2.75, 3.05) is 6.54 Å². The van der Waals surface area contributed by atoms with Gasteiger partial charge in [-0.15, -0.1) is 0 Å². The lowest BCUT2D eigenvalue weighted by molar-refractivity contribution is -0.136. The number of fused-ring (bicyclic) bond motifs is 9.